The number of halogens is 3. The van der Waals surface area contributed by atoms with Crippen LogP contribution < -0.4 is 0 Å². The second kappa shape index (κ2) is 6.16. The Hall–Kier alpha value is -1.54. The number of thioether (sulfide) groups is 1. The molecule has 1 aromatic heterocycles. The van der Waals surface area contributed by atoms with Gasteiger partial charge in [0.15, 0.2) is 0 Å². The van der Waals surface area contributed by atoms with Gasteiger partial charge in [0.25, 0.3) is 0 Å². The minimum Gasteiger partial charge on any atom is -0.382 e. The van der Waals surface area contributed by atoms with E-state index in [0.29, 0.717) is 5.56 Å². The first kappa shape index (κ1) is 17.8. The molecule has 0 aliphatic heterocycles. The van der Waals surface area contributed by atoms with Gasteiger partial charge >= 0.3 is 6.18 Å². The van der Waals surface area contributed by atoms with Crippen molar-refractivity contribution >= 4 is 11.8 Å². The lowest BCUT2D eigenvalue weighted by molar-refractivity contribution is -0.137. The van der Waals surface area contributed by atoms with Gasteiger partial charge in [0, 0.05) is 4.75 Å². The third kappa shape index (κ3) is 3.53. The lowest BCUT2D eigenvalue weighted by Gasteiger charge is -2.42. The quantitative estimate of drug-likeness (QED) is 0.903. The van der Waals surface area contributed by atoms with Crippen LogP contribution in [0.1, 0.15) is 25.0 Å². The molecule has 0 saturated carbocycles. The molecule has 0 radical (unpaired) electrons. The molecular formula is C15H18F3N3OS. The van der Waals surface area contributed by atoms with Gasteiger partial charge in [-0.25, -0.2) is 9.67 Å². The molecule has 4 nitrogen and oxygen atoms in total. The lowest BCUT2D eigenvalue weighted by atomic mass is 9.82. The molecule has 0 bridgehead atoms. The van der Waals surface area contributed by atoms with E-state index in [4.69, 9.17) is 0 Å². The highest BCUT2D eigenvalue weighted by Gasteiger charge is 2.45. The molecule has 0 aliphatic rings. The van der Waals surface area contributed by atoms with Gasteiger partial charge in [-0.05, 0) is 37.8 Å². The van der Waals surface area contributed by atoms with Crippen LogP contribution in [0.4, 0.5) is 13.2 Å². The number of aromatic nitrogens is 3. The van der Waals surface area contributed by atoms with Gasteiger partial charge in [0.05, 0.1) is 12.1 Å². The van der Waals surface area contributed by atoms with Crippen molar-refractivity contribution in [1.29, 1.82) is 0 Å². The standard InChI is InChI=1S/C15H18F3N3OS/c1-13(2,23-3)14(22,8-21-10-19-9-20-21)11-4-6-12(7-5-11)15(16,17)18/h4-7,9-10,22H,8H2,1-3H3. The fourth-order valence-electron chi connectivity index (χ4n) is 2.28. The van der Waals surface area contributed by atoms with Gasteiger partial charge in [-0.15, -0.1) is 0 Å². The predicted molar refractivity (Wildman–Crippen MR) is 83.0 cm³/mol. The number of aliphatic hydroxyl groups is 1. The Morgan fingerprint density at radius 2 is 1.70 bits per heavy atom. The van der Waals surface area contributed by atoms with Crippen molar-refractivity contribution < 1.29 is 18.3 Å². The molecule has 0 aliphatic carbocycles. The summed E-state index contributed by atoms with van der Waals surface area (Å²) in [6.45, 7) is 3.77. The maximum Gasteiger partial charge on any atom is 0.416 e. The molecule has 23 heavy (non-hydrogen) atoms. The maximum absolute atomic E-state index is 12.7. The van der Waals surface area contributed by atoms with E-state index in [1.54, 1.807) is 0 Å². The summed E-state index contributed by atoms with van der Waals surface area (Å²) in [5, 5.41) is 15.3. The van der Waals surface area contributed by atoms with Crippen LogP contribution in [0.15, 0.2) is 36.9 Å². The molecule has 1 unspecified atom stereocenters. The molecule has 0 spiro atoms. The summed E-state index contributed by atoms with van der Waals surface area (Å²) in [4.78, 5) is 3.84. The first-order valence-corrected chi connectivity index (χ1v) is 8.10. The molecule has 1 atom stereocenters. The first-order valence-electron chi connectivity index (χ1n) is 6.88. The highest BCUT2D eigenvalue weighted by molar-refractivity contribution is 8.00. The number of rotatable bonds is 5. The average Bonchev–Trinajstić information content (AvgIpc) is 2.99. The Labute approximate surface area is 136 Å². The smallest absolute Gasteiger partial charge is 0.382 e. The summed E-state index contributed by atoms with van der Waals surface area (Å²) in [7, 11) is 0. The summed E-state index contributed by atoms with van der Waals surface area (Å²) >= 11 is 1.43. The molecule has 0 amide bonds. The molecule has 2 aromatic rings. The van der Waals surface area contributed by atoms with Crippen LogP contribution in [0.25, 0.3) is 0 Å². The zero-order chi connectivity index (χ0) is 17.3. The largest absolute Gasteiger partial charge is 0.416 e. The summed E-state index contributed by atoms with van der Waals surface area (Å²) in [5.74, 6) is 0. The van der Waals surface area contributed by atoms with Gasteiger partial charge in [-0.1, -0.05) is 12.1 Å². The average molecular weight is 345 g/mol. The Bertz CT molecular complexity index is 641. The molecule has 0 fully saturated rings. The summed E-state index contributed by atoms with van der Waals surface area (Å²) in [5.41, 5.74) is -1.75. The number of alkyl halides is 3. The highest BCUT2D eigenvalue weighted by Crippen LogP contribution is 2.43. The molecule has 1 N–H and O–H groups in total. The molecule has 8 heteroatoms. The van der Waals surface area contributed by atoms with E-state index in [1.165, 1.54) is 41.2 Å². The molecular weight excluding hydrogens is 327 g/mol. The number of hydrogen-bond acceptors (Lipinski definition) is 4. The zero-order valence-electron chi connectivity index (χ0n) is 13.0. The SMILES string of the molecule is CSC(C)(C)C(O)(Cn1cncn1)c1ccc(C(F)(F)F)cc1. The normalized spacial score (nSPS) is 15.4. The third-order valence-electron chi connectivity index (χ3n) is 4.05. The van der Waals surface area contributed by atoms with E-state index in [9.17, 15) is 18.3 Å². The zero-order valence-corrected chi connectivity index (χ0v) is 13.8. The van der Waals surface area contributed by atoms with Crippen molar-refractivity contribution in [2.75, 3.05) is 6.26 Å². The van der Waals surface area contributed by atoms with Crippen LogP contribution in [0.5, 0.6) is 0 Å². The molecule has 1 aromatic carbocycles. The fourth-order valence-corrected chi connectivity index (χ4v) is 2.80. The maximum atomic E-state index is 12.7. The van der Waals surface area contributed by atoms with Gasteiger partial charge in [0.2, 0.25) is 0 Å². The number of hydrogen-bond donors (Lipinski definition) is 1. The molecule has 2 rings (SSSR count). The van der Waals surface area contributed by atoms with E-state index >= 15 is 0 Å². The van der Waals surface area contributed by atoms with Gasteiger partial charge in [-0.2, -0.15) is 30.0 Å². The summed E-state index contributed by atoms with van der Waals surface area (Å²) < 4.78 is 39.0. The van der Waals surface area contributed by atoms with E-state index < -0.39 is 22.1 Å². The number of nitrogens with zero attached hydrogens (tertiary/aromatic N) is 3. The monoisotopic (exact) mass is 345 g/mol. The van der Waals surface area contributed by atoms with Crippen LogP contribution in [-0.4, -0.2) is 30.9 Å². The second-order valence-electron chi connectivity index (χ2n) is 5.74. The molecule has 1 heterocycles. The van der Waals surface area contributed by atoms with Crippen LogP contribution in [0.2, 0.25) is 0 Å². The summed E-state index contributed by atoms with van der Waals surface area (Å²) in [6, 6.07) is 4.60. The van der Waals surface area contributed by atoms with Gasteiger partial charge in [-0.3, -0.25) is 0 Å². The fraction of sp³-hybridized carbons (Fsp3) is 0.467. The van der Waals surface area contributed by atoms with Crippen LogP contribution >= 0.6 is 11.8 Å². The van der Waals surface area contributed by atoms with Crippen molar-refractivity contribution in [2.24, 2.45) is 0 Å². The topological polar surface area (TPSA) is 50.9 Å². The van der Waals surface area contributed by atoms with Crippen molar-refractivity contribution in [3.05, 3.63) is 48.0 Å². The Balaban J connectivity index is 2.45. The van der Waals surface area contributed by atoms with Crippen molar-refractivity contribution in [1.82, 2.24) is 14.8 Å². The Kier molecular flexibility index (Phi) is 4.77. The van der Waals surface area contributed by atoms with E-state index in [0.717, 1.165) is 12.1 Å². The first-order chi connectivity index (χ1) is 10.6. The Morgan fingerprint density at radius 1 is 1.13 bits per heavy atom. The summed E-state index contributed by atoms with van der Waals surface area (Å²) in [6.07, 6.45) is 0.249. The third-order valence-corrected chi connectivity index (χ3v) is 5.41. The van der Waals surface area contributed by atoms with E-state index in [-0.39, 0.29) is 6.54 Å². The lowest BCUT2D eigenvalue weighted by Crippen LogP contribution is -2.48. The van der Waals surface area contributed by atoms with Crippen molar-refractivity contribution in [2.45, 2.75) is 36.9 Å². The molecule has 0 saturated heterocycles. The van der Waals surface area contributed by atoms with Gasteiger partial charge in [0.1, 0.15) is 18.3 Å². The highest BCUT2D eigenvalue weighted by atomic mass is 32.2. The van der Waals surface area contributed by atoms with Crippen LogP contribution in [-0.2, 0) is 18.3 Å². The van der Waals surface area contributed by atoms with E-state index in [1.807, 2.05) is 20.1 Å². The number of benzene rings is 1. The van der Waals surface area contributed by atoms with Crippen LogP contribution in [0.3, 0.4) is 0 Å². The van der Waals surface area contributed by atoms with Gasteiger partial charge < -0.3 is 5.11 Å². The second-order valence-corrected chi connectivity index (χ2v) is 7.17. The molecule has 126 valence electrons. The van der Waals surface area contributed by atoms with Crippen molar-refractivity contribution in [3.63, 3.8) is 0 Å². The van der Waals surface area contributed by atoms with E-state index in [2.05, 4.69) is 10.1 Å². The minimum atomic E-state index is -4.41. The Morgan fingerprint density at radius 3 is 2.13 bits per heavy atom. The van der Waals surface area contributed by atoms with Crippen LogP contribution in [0, 0.1) is 0 Å². The minimum absolute atomic E-state index is 0.0895. The van der Waals surface area contributed by atoms with Crippen molar-refractivity contribution in [3.8, 4) is 0 Å². The predicted octanol–water partition coefficient (Wildman–Crippen LogP) is 3.33.